The number of aromatic nitrogens is 1. The Balaban J connectivity index is 2.10. The van der Waals surface area contributed by atoms with Crippen molar-refractivity contribution >= 4 is 5.82 Å². The molecule has 0 radical (unpaired) electrons. The summed E-state index contributed by atoms with van der Waals surface area (Å²) in [4.78, 5) is 6.68. The van der Waals surface area contributed by atoms with Crippen LogP contribution in [-0.4, -0.2) is 31.7 Å². The first-order chi connectivity index (χ1) is 8.26. The molecule has 2 N–H and O–H groups in total. The van der Waals surface area contributed by atoms with Crippen molar-refractivity contribution in [1.82, 2.24) is 4.98 Å². The summed E-state index contributed by atoms with van der Waals surface area (Å²) in [6.45, 7) is 0.769. The van der Waals surface area contributed by atoms with Crippen LogP contribution in [0.5, 0.6) is 5.75 Å². The Morgan fingerprint density at radius 2 is 2.29 bits per heavy atom. The molecule has 1 aromatic heterocycles. The minimum Gasteiger partial charge on any atom is -0.495 e. The molecule has 2 atom stereocenters. The highest BCUT2D eigenvalue weighted by Gasteiger charge is 2.29. The molecule has 1 aromatic rings. The molecule has 4 heteroatoms. The van der Waals surface area contributed by atoms with Gasteiger partial charge < -0.3 is 15.4 Å². The van der Waals surface area contributed by atoms with Crippen molar-refractivity contribution in [3.63, 3.8) is 0 Å². The highest BCUT2D eigenvalue weighted by Crippen LogP contribution is 2.31. The molecule has 0 aromatic carbocycles. The number of nitrogens with two attached hydrogens (primary N) is 1. The lowest BCUT2D eigenvalue weighted by molar-refractivity contribution is 0.412. The Hall–Kier alpha value is -1.29. The first-order valence-electron chi connectivity index (χ1n) is 6.19. The van der Waals surface area contributed by atoms with E-state index in [1.165, 1.54) is 19.3 Å². The minimum atomic E-state index is 0.529. The number of ether oxygens (including phenoxy) is 1. The minimum absolute atomic E-state index is 0.529. The molecule has 1 aliphatic carbocycles. The predicted molar refractivity (Wildman–Crippen MR) is 69.4 cm³/mol. The van der Waals surface area contributed by atoms with E-state index in [1.807, 2.05) is 12.1 Å². The van der Waals surface area contributed by atoms with Gasteiger partial charge in [-0.1, -0.05) is 6.42 Å². The molecule has 2 rings (SSSR count). The van der Waals surface area contributed by atoms with Gasteiger partial charge in [-0.2, -0.15) is 0 Å². The summed E-state index contributed by atoms with van der Waals surface area (Å²) in [5, 5.41) is 0. The number of pyridine rings is 1. The highest BCUT2D eigenvalue weighted by molar-refractivity contribution is 5.41. The normalized spacial score (nSPS) is 23.7. The van der Waals surface area contributed by atoms with Gasteiger partial charge in [0.05, 0.1) is 13.3 Å². The fraction of sp³-hybridized carbons (Fsp3) is 0.615. The van der Waals surface area contributed by atoms with E-state index in [2.05, 4.69) is 16.9 Å². The fourth-order valence-corrected chi connectivity index (χ4v) is 2.67. The van der Waals surface area contributed by atoms with Gasteiger partial charge in [0.2, 0.25) is 0 Å². The van der Waals surface area contributed by atoms with E-state index in [9.17, 15) is 0 Å². The molecular weight excluding hydrogens is 214 g/mol. The maximum Gasteiger partial charge on any atom is 0.137 e. The van der Waals surface area contributed by atoms with Gasteiger partial charge in [-0.05, 0) is 37.4 Å². The van der Waals surface area contributed by atoms with Crippen molar-refractivity contribution in [2.24, 2.45) is 11.7 Å². The maximum atomic E-state index is 5.82. The summed E-state index contributed by atoms with van der Waals surface area (Å²) in [5.41, 5.74) is 5.82. The number of hydrogen-bond acceptors (Lipinski definition) is 4. The second kappa shape index (κ2) is 5.36. The lowest BCUT2D eigenvalue weighted by Crippen LogP contribution is -2.38. The quantitative estimate of drug-likeness (QED) is 0.862. The average molecular weight is 235 g/mol. The van der Waals surface area contributed by atoms with E-state index in [-0.39, 0.29) is 0 Å². The maximum absolute atomic E-state index is 5.82. The van der Waals surface area contributed by atoms with E-state index < -0.39 is 0 Å². The monoisotopic (exact) mass is 235 g/mol. The summed E-state index contributed by atoms with van der Waals surface area (Å²) in [6.07, 6.45) is 5.49. The van der Waals surface area contributed by atoms with Gasteiger partial charge in [0.15, 0.2) is 0 Å². The second-order valence-electron chi connectivity index (χ2n) is 4.66. The molecular formula is C13H21N3O. The van der Waals surface area contributed by atoms with Crippen LogP contribution in [0.25, 0.3) is 0 Å². The molecule has 0 aliphatic heterocycles. The Bertz CT molecular complexity index is 352. The third-order valence-corrected chi connectivity index (χ3v) is 3.74. The van der Waals surface area contributed by atoms with Crippen LogP contribution >= 0.6 is 0 Å². The van der Waals surface area contributed by atoms with E-state index in [1.54, 1.807) is 13.3 Å². The fourth-order valence-electron chi connectivity index (χ4n) is 2.67. The van der Waals surface area contributed by atoms with Crippen LogP contribution in [0.3, 0.4) is 0 Å². The Kier molecular flexibility index (Phi) is 3.84. The van der Waals surface area contributed by atoms with Crippen LogP contribution < -0.4 is 15.4 Å². The molecule has 94 valence electrons. The van der Waals surface area contributed by atoms with Crippen LogP contribution in [0, 0.1) is 5.92 Å². The Morgan fingerprint density at radius 3 is 2.88 bits per heavy atom. The first kappa shape index (κ1) is 12.2. The molecule has 1 heterocycles. The zero-order chi connectivity index (χ0) is 12.3. The van der Waals surface area contributed by atoms with Gasteiger partial charge in [-0.25, -0.2) is 4.98 Å². The molecule has 0 spiro atoms. The summed E-state index contributed by atoms with van der Waals surface area (Å²) in [6, 6.07) is 4.48. The van der Waals surface area contributed by atoms with E-state index in [0.717, 1.165) is 18.1 Å². The van der Waals surface area contributed by atoms with Crippen molar-refractivity contribution in [2.75, 3.05) is 25.6 Å². The zero-order valence-corrected chi connectivity index (χ0v) is 10.6. The summed E-state index contributed by atoms with van der Waals surface area (Å²) in [7, 11) is 3.76. The molecule has 2 unspecified atom stereocenters. The lowest BCUT2D eigenvalue weighted by Gasteiger charge is -2.30. The van der Waals surface area contributed by atoms with Crippen LogP contribution in [0.15, 0.2) is 18.3 Å². The third-order valence-electron chi connectivity index (χ3n) is 3.74. The zero-order valence-electron chi connectivity index (χ0n) is 10.6. The number of methoxy groups -OCH3 is 1. The first-order valence-corrected chi connectivity index (χ1v) is 6.19. The smallest absolute Gasteiger partial charge is 0.137 e. The van der Waals surface area contributed by atoms with Gasteiger partial charge >= 0.3 is 0 Å². The van der Waals surface area contributed by atoms with Crippen LogP contribution in [0.1, 0.15) is 19.3 Å². The van der Waals surface area contributed by atoms with Crippen LogP contribution in [0.4, 0.5) is 5.82 Å². The summed E-state index contributed by atoms with van der Waals surface area (Å²) >= 11 is 0. The number of nitrogens with zero attached hydrogens (tertiary/aromatic N) is 2. The molecule has 1 fully saturated rings. The largest absolute Gasteiger partial charge is 0.495 e. The summed E-state index contributed by atoms with van der Waals surface area (Å²) in [5.74, 6) is 2.39. The van der Waals surface area contributed by atoms with Gasteiger partial charge in [-0.15, -0.1) is 0 Å². The van der Waals surface area contributed by atoms with E-state index >= 15 is 0 Å². The molecule has 0 saturated heterocycles. The number of anilines is 1. The second-order valence-corrected chi connectivity index (χ2v) is 4.66. The van der Waals surface area contributed by atoms with E-state index in [0.29, 0.717) is 12.0 Å². The highest BCUT2D eigenvalue weighted by atomic mass is 16.5. The van der Waals surface area contributed by atoms with Gasteiger partial charge in [0, 0.05) is 13.1 Å². The molecule has 1 saturated carbocycles. The predicted octanol–water partition coefficient (Wildman–Crippen LogP) is 1.65. The third kappa shape index (κ3) is 2.52. The molecule has 4 nitrogen and oxygen atoms in total. The van der Waals surface area contributed by atoms with Crippen molar-refractivity contribution in [3.05, 3.63) is 18.3 Å². The molecule has 0 bridgehead atoms. The molecule has 1 aliphatic rings. The Morgan fingerprint density at radius 1 is 1.47 bits per heavy atom. The summed E-state index contributed by atoms with van der Waals surface area (Å²) < 4.78 is 5.12. The van der Waals surface area contributed by atoms with Crippen molar-refractivity contribution in [2.45, 2.75) is 25.3 Å². The molecule has 17 heavy (non-hydrogen) atoms. The van der Waals surface area contributed by atoms with Gasteiger partial charge in [0.1, 0.15) is 11.6 Å². The number of rotatable bonds is 4. The Labute approximate surface area is 103 Å². The standard InChI is InChI=1S/C13H21N3O/c1-16(12-5-3-4-10(12)8-14)13-7-6-11(17-2)9-15-13/h6-7,9-10,12H,3-5,8,14H2,1-2H3. The van der Waals surface area contributed by atoms with Crippen molar-refractivity contribution in [3.8, 4) is 5.75 Å². The van der Waals surface area contributed by atoms with Crippen molar-refractivity contribution in [1.29, 1.82) is 0 Å². The SMILES string of the molecule is COc1ccc(N(C)C2CCCC2CN)nc1. The lowest BCUT2D eigenvalue weighted by atomic mass is 10.0. The average Bonchev–Trinajstić information content (AvgIpc) is 2.86. The van der Waals surface area contributed by atoms with Crippen molar-refractivity contribution < 1.29 is 4.74 Å². The number of hydrogen-bond donors (Lipinski definition) is 1. The van der Waals surface area contributed by atoms with Gasteiger partial charge in [0.25, 0.3) is 0 Å². The van der Waals surface area contributed by atoms with E-state index in [4.69, 9.17) is 10.5 Å². The van der Waals surface area contributed by atoms with Gasteiger partial charge in [-0.3, -0.25) is 0 Å². The van der Waals surface area contributed by atoms with Crippen LogP contribution in [0.2, 0.25) is 0 Å². The molecule has 0 amide bonds. The topological polar surface area (TPSA) is 51.4 Å². The van der Waals surface area contributed by atoms with Crippen LogP contribution in [-0.2, 0) is 0 Å².